The third-order valence-electron chi connectivity index (χ3n) is 3.15. The molecule has 0 radical (unpaired) electrons. The summed E-state index contributed by atoms with van der Waals surface area (Å²) in [6.07, 6.45) is 4.66. The van der Waals surface area contributed by atoms with Crippen LogP contribution in [0, 0.1) is 0 Å². The zero-order chi connectivity index (χ0) is 15.1. The number of aromatic nitrogens is 1. The van der Waals surface area contributed by atoms with Crippen molar-refractivity contribution in [1.29, 1.82) is 0 Å². The monoisotopic (exact) mass is 304 g/mol. The van der Waals surface area contributed by atoms with Crippen molar-refractivity contribution in [3.05, 3.63) is 47.2 Å². The van der Waals surface area contributed by atoms with Gasteiger partial charge in [0.1, 0.15) is 5.75 Å². The van der Waals surface area contributed by atoms with Gasteiger partial charge in [-0.1, -0.05) is 30.7 Å². The van der Waals surface area contributed by atoms with E-state index in [0.717, 1.165) is 47.0 Å². The summed E-state index contributed by atoms with van der Waals surface area (Å²) in [6, 6.07) is 8.10. The second kappa shape index (κ2) is 8.01. The van der Waals surface area contributed by atoms with Gasteiger partial charge in [0.25, 0.3) is 0 Å². The van der Waals surface area contributed by atoms with Crippen molar-refractivity contribution >= 4 is 11.6 Å². The summed E-state index contributed by atoms with van der Waals surface area (Å²) >= 11 is 6.37. The zero-order valence-electron chi connectivity index (χ0n) is 12.5. The van der Waals surface area contributed by atoms with E-state index in [1.165, 1.54) is 0 Å². The number of nitrogens with zero attached hydrogens (tertiary/aromatic N) is 1. The fourth-order valence-corrected chi connectivity index (χ4v) is 2.34. The fraction of sp³-hybridized carbons (Fsp3) is 0.353. The van der Waals surface area contributed by atoms with Gasteiger partial charge >= 0.3 is 0 Å². The molecular formula is C17H21ClN2O. The molecule has 3 nitrogen and oxygen atoms in total. The maximum Gasteiger partial charge on any atom is 0.138 e. The number of rotatable bonds is 7. The van der Waals surface area contributed by atoms with Crippen LogP contribution in [0.3, 0.4) is 0 Å². The van der Waals surface area contributed by atoms with Gasteiger partial charge < -0.3 is 10.1 Å². The van der Waals surface area contributed by atoms with Gasteiger partial charge in [-0.2, -0.15) is 0 Å². The van der Waals surface area contributed by atoms with Crippen molar-refractivity contribution in [2.75, 3.05) is 13.2 Å². The Balaban J connectivity index is 2.17. The first-order valence-corrected chi connectivity index (χ1v) is 7.69. The molecule has 0 aliphatic heterocycles. The topological polar surface area (TPSA) is 34.2 Å². The Kier molecular flexibility index (Phi) is 6.03. The highest BCUT2D eigenvalue weighted by molar-refractivity contribution is 6.31. The van der Waals surface area contributed by atoms with E-state index in [-0.39, 0.29) is 0 Å². The predicted octanol–water partition coefficient (Wildman–Crippen LogP) is 4.30. The molecule has 1 N–H and O–H groups in total. The van der Waals surface area contributed by atoms with Gasteiger partial charge in [-0.15, -0.1) is 0 Å². The highest BCUT2D eigenvalue weighted by Gasteiger charge is 2.05. The van der Waals surface area contributed by atoms with E-state index in [1.807, 2.05) is 25.3 Å². The molecule has 1 aromatic carbocycles. The molecule has 0 aliphatic rings. The van der Waals surface area contributed by atoms with Crippen molar-refractivity contribution in [1.82, 2.24) is 10.3 Å². The number of benzene rings is 1. The number of hydrogen-bond donors (Lipinski definition) is 1. The SMILES string of the molecule is CCCNCc1ccc(-c2cncc(OCC)c2)cc1Cl. The van der Waals surface area contributed by atoms with Crippen LogP contribution < -0.4 is 10.1 Å². The molecule has 21 heavy (non-hydrogen) atoms. The average molecular weight is 305 g/mol. The third kappa shape index (κ3) is 4.45. The van der Waals surface area contributed by atoms with Crippen molar-refractivity contribution in [3.8, 4) is 16.9 Å². The van der Waals surface area contributed by atoms with Gasteiger partial charge in [0, 0.05) is 23.3 Å². The summed E-state index contributed by atoms with van der Waals surface area (Å²) in [4.78, 5) is 4.21. The van der Waals surface area contributed by atoms with E-state index in [9.17, 15) is 0 Å². The Morgan fingerprint density at radius 2 is 2.00 bits per heavy atom. The van der Waals surface area contributed by atoms with Gasteiger partial charge in [-0.25, -0.2) is 0 Å². The molecule has 0 amide bonds. The molecule has 0 fully saturated rings. The van der Waals surface area contributed by atoms with E-state index in [0.29, 0.717) is 6.61 Å². The molecule has 112 valence electrons. The second-order valence-corrected chi connectivity index (χ2v) is 5.23. The van der Waals surface area contributed by atoms with Gasteiger partial charge in [-0.3, -0.25) is 4.98 Å². The number of nitrogens with one attached hydrogen (secondary N) is 1. The number of pyridine rings is 1. The van der Waals surface area contributed by atoms with E-state index in [2.05, 4.69) is 29.4 Å². The first-order valence-electron chi connectivity index (χ1n) is 7.32. The molecule has 1 aromatic heterocycles. The van der Waals surface area contributed by atoms with Crippen LogP contribution in [0.5, 0.6) is 5.75 Å². The lowest BCUT2D eigenvalue weighted by Gasteiger charge is -2.09. The summed E-state index contributed by atoms with van der Waals surface area (Å²) in [5.74, 6) is 0.778. The molecular weight excluding hydrogens is 284 g/mol. The lowest BCUT2D eigenvalue weighted by molar-refractivity contribution is 0.339. The van der Waals surface area contributed by atoms with Gasteiger partial charge in [0.15, 0.2) is 0 Å². The summed E-state index contributed by atoms with van der Waals surface area (Å²) in [7, 11) is 0. The molecule has 2 aromatic rings. The Morgan fingerprint density at radius 1 is 1.14 bits per heavy atom. The molecule has 4 heteroatoms. The minimum absolute atomic E-state index is 0.633. The summed E-state index contributed by atoms with van der Waals surface area (Å²) in [6.45, 7) is 6.54. The fourth-order valence-electron chi connectivity index (χ4n) is 2.09. The maximum atomic E-state index is 6.37. The third-order valence-corrected chi connectivity index (χ3v) is 3.50. The molecule has 0 saturated carbocycles. The molecule has 0 bridgehead atoms. The van der Waals surface area contributed by atoms with E-state index in [1.54, 1.807) is 6.20 Å². The first-order chi connectivity index (χ1) is 10.2. The standard InChI is InChI=1S/C17H21ClN2O/c1-3-7-19-10-14-6-5-13(9-17(14)18)15-8-16(21-4-2)12-20-11-15/h5-6,8-9,11-12,19H,3-4,7,10H2,1-2H3. The largest absolute Gasteiger partial charge is 0.492 e. The molecule has 0 saturated heterocycles. The molecule has 2 rings (SSSR count). The Bertz CT molecular complexity index is 587. The Hall–Kier alpha value is -1.58. The zero-order valence-corrected chi connectivity index (χ0v) is 13.3. The van der Waals surface area contributed by atoms with Crippen LogP contribution in [0.15, 0.2) is 36.7 Å². The molecule has 0 aliphatic carbocycles. The van der Waals surface area contributed by atoms with Crippen molar-refractivity contribution < 1.29 is 4.74 Å². The molecule has 1 heterocycles. The summed E-state index contributed by atoms with van der Waals surface area (Å²) in [5.41, 5.74) is 3.17. The lowest BCUT2D eigenvalue weighted by atomic mass is 10.1. The lowest BCUT2D eigenvalue weighted by Crippen LogP contribution is -2.13. The van der Waals surface area contributed by atoms with Crippen LogP contribution in [0.25, 0.3) is 11.1 Å². The minimum Gasteiger partial charge on any atom is -0.492 e. The second-order valence-electron chi connectivity index (χ2n) is 4.83. The van der Waals surface area contributed by atoms with Gasteiger partial charge in [-0.05, 0) is 43.1 Å². The van der Waals surface area contributed by atoms with Gasteiger partial charge in [0.2, 0.25) is 0 Å². The quantitative estimate of drug-likeness (QED) is 0.774. The van der Waals surface area contributed by atoms with Crippen LogP contribution in [0.1, 0.15) is 25.8 Å². The summed E-state index contributed by atoms with van der Waals surface area (Å²) < 4.78 is 5.48. The van der Waals surface area contributed by atoms with Crippen molar-refractivity contribution in [2.45, 2.75) is 26.8 Å². The smallest absolute Gasteiger partial charge is 0.138 e. The first kappa shape index (κ1) is 15.8. The predicted molar refractivity (Wildman–Crippen MR) is 87.8 cm³/mol. The minimum atomic E-state index is 0.633. The highest BCUT2D eigenvalue weighted by atomic mass is 35.5. The van der Waals surface area contributed by atoms with Crippen LogP contribution >= 0.6 is 11.6 Å². The van der Waals surface area contributed by atoms with E-state index in [4.69, 9.17) is 16.3 Å². The Labute approximate surface area is 131 Å². The molecule has 0 unspecified atom stereocenters. The molecule has 0 atom stereocenters. The Morgan fingerprint density at radius 3 is 2.71 bits per heavy atom. The highest BCUT2D eigenvalue weighted by Crippen LogP contribution is 2.27. The van der Waals surface area contributed by atoms with Crippen LogP contribution in [0.4, 0.5) is 0 Å². The van der Waals surface area contributed by atoms with Crippen molar-refractivity contribution in [2.24, 2.45) is 0 Å². The summed E-state index contributed by atoms with van der Waals surface area (Å²) in [5, 5.41) is 4.14. The van der Waals surface area contributed by atoms with Crippen LogP contribution in [-0.4, -0.2) is 18.1 Å². The average Bonchev–Trinajstić information content (AvgIpc) is 2.50. The maximum absolute atomic E-state index is 6.37. The number of ether oxygens (including phenoxy) is 1. The van der Waals surface area contributed by atoms with Gasteiger partial charge in [0.05, 0.1) is 12.8 Å². The van der Waals surface area contributed by atoms with E-state index < -0.39 is 0 Å². The van der Waals surface area contributed by atoms with Crippen LogP contribution in [0.2, 0.25) is 5.02 Å². The van der Waals surface area contributed by atoms with E-state index >= 15 is 0 Å². The molecule has 0 spiro atoms. The number of halogens is 1. The van der Waals surface area contributed by atoms with Crippen molar-refractivity contribution in [3.63, 3.8) is 0 Å². The van der Waals surface area contributed by atoms with Crippen LogP contribution in [-0.2, 0) is 6.54 Å². The number of hydrogen-bond acceptors (Lipinski definition) is 3. The normalized spacial score (nSPS) is 10.6.